The van der Waals surface area contributed by atoms with Gasteiger partial charge >= 0.3 is 0 Å². The van der Waals surface area contributed by atoms with Gasteiger partial charge in [0.2, 0.25) is 0 Å². The van der Waals surface area contributed by atoms with E-state index in [0.29, 0.717) is 5.92 Å². The molecule has 2 atom stereocenters. The van der Waals surface area contributed by atoms with Crippen molar-refractivity contribution in [3.8, 4) is 0 Å². The monoisotopic (exact) mass is 194 g/mol. The number of hydrazine groups is 1. The Kier molecular flexibility index (Phi) is 3.85. The number of anilines is 1. The summed E-state index contributed by atoms with van der Waals surface area (Å²) in [6.45, 7) is 4.26. The molecule has 0 amide bonds. The fourth-order valence-corrected chi connectivity index (χ4v) is 1.47. The molecule has 78 valence electrons. The lowest BCUT2D eigenvalue weighted by Crippen LogP contribution is -2.33. The summed E-state index contributed by atoms with van der Waals surface area (Å²) in [6, 6.07) is 1.87. The highest BCUT2D eigenvalue weighted by molar-refractivity contribution is 5.46. The van der Waals surface area contributed by atoms with Gasteiger partial charge in [-0.05, 0) is 12.0 Å². The number of aromatic nitrogens is 1. The first kappa shape index (κ1) is 10.9. The molecule has 14 heavy (non-hydrogen) atoms. The first-order valence-corrected chi connectivity index (χ1v) is 4.86. The first-order chi connectivity index (χ1) is 6.70. The largest absolute Gasteiger partial charge is 0.398 e. The van der Waals surface area contributed by atoms with Gasteiger partial charge in [-0.3, -0.25) is 16.3 Å². The van der Waals surface area contributed by atoms with Crippen LogP contribution in [0.3, 0.4) is 0 Å². The number of nitrogens with one attached hydrogen (secondary N) is 1. The predicted octanol–water partition coefficient (Wildman–Crippen LogP) is 1.21. The Morgan fingerprint density at radius 2 is 2.29 bits per heavy atom. The van der Waals surface area contributed by atoms with Crippen LogP contribution in [-0.4, -0.2) is 4.98 Å². The summed E-state index contributed by atoms with van der Waals surface area (Å²) in [5.41, 5.74) is 10.4. The van der Waals surface area contributed by atoms with E-state index in [0.717, 1.165) is 17.7 Å². The Bertz CT molecular complexity index is 287. The maximum atomic E-state index is 5.85. The summed E-state index contributed by atoms with van der Waals surface area (Å²) < 4.78 is 0. The van der Waals surface area contributed by atoms with Gasteiger partial charge in [0.05, 0.1) is 6.04 Å². The lowest BCUT2D eigenvalue weighted by molar-refractivity contribution is 0.383. The predicted molar refractivity (Wildman–Crippen MR) is 58.2 cm³/mol. The van der Waals surface area contributed by atoms with E-state index < -0.39 is 0 Å². The molecule has 4 nitrogen and oxygen atoms in total. The number of nitrogens with zero attached hydrogens (tertiary/aromatic N) is 1. The quantitative estimate of drug-likeness (QED) is 0.497. The van der Waals surface area contributed by atoms with Crippen molar-refractivity contribution in [2.75, 3.05) is 5.73 Å². The first-order valence-electron chi connectivity index (χ1n) is 4.86. The van der Waals surface area contributed by atoms with Gasteiger partial charge in [-0.15, -0.1) is 0 Å². The van der Waals surface area contributed by atoms with Gasteiger partial charge in [-0.1, -0.05) is 20.3 Å². The van der Waals surface area contributed by atoms with E-state index in [9.17, 15) is 0 Å². The average Bonchev–Trinajstić information content (AvgIpc) is 2.21. The Balaban J connectivity index is 2.94. The SMILES string of the molecule is CCC(C)C(NN)c1cnccc1N. The summed E-state index contributed by atoms with van der Waals surface area (Å²) >= 11 is 0. The molecule has 1 heterocycles. The third kappa shape index (κ3) is 2.21. The fourth-order valence-electron chi connectivity index (χ4n) is 1.47. The number of pyridine rings is 1. The van der Waals surface area contributed by atoms with Gasteiger partial charge in [-0.25, -0.2) is 0 Å². The van der Waals surface area contributed by atoms with Crippen LogP contribution in [0.4, 0.5) is 5.69 Å². The standard InChI is InChI=1S/C10H18N4/c1-3-7(2)10(14-12)8-6-13-5-4-9(8)11/h4-7,10,14H,3,12H2,1-2H3,(H2,11,13). The third-order valence-corrected chi connectivity index (χ3v) is 2.61. The summed E-state index contributed by atoms with van der Waals surface area (Å²) in [5.74, 6) is 5.95. The number of rotatable bonds is 4. The topological polar surface area (TPSA) is 77.0 Å². The maximum Gasteiger partial charge on any atom is 0.0521 e. The van der Waals surface area contributed by atoms with Crippen LogP contribution in [0, 0.1) is 5.92 Å². The molecule has 1 rings (SSSR count). The number of hydrogen-bond donors (Lipinski definition) is 3. The Labute approximate surface area is 84.7 Å². The van der Waals surface area contributed by atoms with Crippen LogP contribution < -0.4 is 17.0 Å². The highest BCUT2D eigenvalue weighted by atomic mass is 15.2. The molecule has 0 saturated heterocycles. The Morgan fingerprint density at radius 3 is 2.79 bits per heavy atom. The van der Waals surface area contributed by atoms with E-state index in [1.165, 1.54) is 0 Å². The van der Waals surface area contributed by atoms with Crippen LogP contribution in [0.2, 0.25) is 0 Å². The molecule has 4 heteroatoms. The molecular weight excluding hydrogens is 176 g/mol. The zero-order chi connectivity index (χ0) is 10.6. The third-order valence-electron chi connectivity index (χ3n) is 2.61. The molecular formula is C10H18N4. The molecule has 0 radical (unpaired) electrons. The van der Waals surface area contributed by atoms with Crippen LogP contribution >= 0.6 is 0 Å². The molecule has 0 aromatic carbocycles. The summed E-state index contributed by atoms with van der Waals surface area (Å²) in [7, 11) is 0. The van der Waals surface area contributed by atoms with E-state index in [1.807, 2.05) is 0 Å². The van der Waals surface area contributed by atoms with E-state index in [4.69, 9.17) is 11.6 Å². The minimum atomic E-state index is 0.0775. The van der Waals surface area contributed by atoms with Gasteiger partial charge in [0.25, 0.3) is 0 Å². The minimum absolute atomic E-state index is 0.0775. The van der Waals surface area contributed by atoms with Crippen LogP contribution in [0.25, 0.3) is 0 Å². The number of hydrogen-bond acceptors (Lipinski definition) is 4. The van der Waals surface area contributed by atoms with Crippen molar-refractivity contribution in [1.82, 2.24) is 10.4 Å². The van der Waals surface area contributed by atoms with Crippen molar-refractivity contribution in [2.45, 2.75) is 26.3 Å². The van der Waals surface area contributed by atoms with Crippen molar-refractivity contribution in [2.24, 2.45) is 11.8 Å². The highest BCUT2D eigenvalue weighted by Crippen LogP contribution is 2.26. The summed E-state index contributed by atoms with van der Waals surface area (Å²) in [5, 5.41) is 0. The van der Waals surface area contributed by atoms with Crippen LogP contribution in [0.15, 0.2) is 18.5 Å². The van der Waals surface area contributed by atoms with Crippen molar-refractivity contribution >= 4 is 5.69 Å². The van der Waals surface area contributed by atoms with Crippen LogP contribution in [0.1, 0.15) is 31.9 Å². The smallest absolute Gasteiger partial charge is 0.0521 e. The normalized spacial score (nSPS) is 15.1. The van der Waals surface area contributed by atoms with Crippen LogP contribution in [0.5, 0.6) is 0 Å². The molecule has 1 aromatic rings. The Morgan fingerprint density at radius 1 is 1.57 bits per heavy atom. The van der Waals surface area contributed by atoms with Crippen molar-refractivity contribution in [3.05, 3.63) is 24.0 Å². The molecule has 5 N–H and O–H groups in total. The molecule has 2 unspecified atom stereocenters. The number of nitrogen functional groups attached to an aromatic ring is 1. The van der Waals surface area contributed by atoms with Crippen LogP contribution in [-0.2, 0) is 0 Å². The van der Waals surface area contributed by atoms with E-state index in [1.54, 1.807) is 18.5 Å². The van der Waals surface area contributed by atoms with Gasteiger partial charge < -0.3 is 5.73 Å². The zero-order valence-electron chi connectivity index (χ0n) is 8.70. The van der Waals surface area contributed by atoms with E-state index in [-0.39, 0.29) is 6.04 Å². The molecule has 0 fully saturated rings. The molecule has 0 aliphatic heterocycles. The molecule has 0 bridgehead atoms. The van der Waals surface area contributed by atoms with Gasteiger partial charge in [0.15, 0.2) is 0 Å². The van der Waals surface area contributed by atoms with Gasteiger partial charge in [0, 0.05) is 23.6 Å². The van der Waals surface area contributed by atoms with Gasteiger partial charge in [0.1, 0.15) is 0 Å². The van der Waals surface area contributed by atoms with Crippen molar-refractivity contribution < 1.29 is 0 Å². The molecule has 0 aliphatic carbocycles. The second-order valence-electron chi connectivity index (χ2n) is 3.53. The summed E-state index contributed by atoms with van der Waals surface area (Å²) in [4.78, 5) is 4.06. The molecule has 0 saturated carbocycles. The minimum Gasteiger partial charge on any atom is -0.398 e. The van der Waals surface area contributed by atoms with Crippen molar-refractivity contribution in [3.63, 3.8) is 0 Å². The van der Waals surface area contributed by atoms with Crippen molar-refractivity contribution in [1.29, 1.82) is 0 Å². The maximum absolute atomic E-state index is 5.85. The lowest BCUT2D eigenvalue weighted by Gasteiger charge is -2.23. The Hall–Kier alpha value is -1.13. The molecule has 0 aliphatic rings. The van der Waals surface area contributed by atoms with E-state index in [2.05, 4.69) is 24.3 Å². The molecule has 1 aromatic heterocycles. The van der Waals surface area contributed by atoms with Gasteiger partial charge in [-0.2, -0.15) is 0 Å². The van der Waals surface area contributed by atoms with E-state index >= 15 is 0 Å². The fraction of sp³-hybridized carbons (Fsp3) is 0.500. The second-order valence-corrected chi connectivity index (χ2v) is 3.53. The highest BCUT2D eigenvalue weighted by Gasteiger charge is 2.18. The molecule has 0 spiro atoms. The second kappa shape index (κ2) is 4.93. The number of nitrogens with two attached hydrogens (primary N) is 2. The lowest BCUT2D eigenvalue weighted by atomic mass is 9.93. The summed E-state index contributed by atoms with van der Waals surface area (Å²) in [6.07, 6.45) is 4.50. The average molecular weight is 194 g/mol. The zero-order valence-corrected chi connectivity index (χ0v) is 8.70.